The number of hydrogen-bond donors (Lipinski definition) is 2. The zero-order chi connectivity index (χ0) is 13.1. The van der Waals surface area contributed by atoms with Gasteiger partial charge in [0.25, 0.3) is 0 Å². The third-order valence-electron chi connectivity index (χ3n) is 2.90. The zero-order valence-electron chi connectivity index (χ0n) is 10.5. The summed E-state index contributed by atoms with van der Waals surface area (Å²) in [6.07, 6.45) is -0.111. The fraction of sp³-hybridized carbons (Fsp3) is 0.385. The molecule has 0 aliphatic rings. The molecule has 5 nitrogen and oxygen atoms in total. The minimum Gasteiger partial charge on any atom is -0.391 e. The molecule has 0 unspecified atom stereocenters. The Morgan fingerprint density at radius 3 is 2.78 bits per heavy atom. The fourth-order valence-corrected chi connectivity index (χ4v) is 1.66. The van der Waals surface area contributed by atoms with Crippen LogP contribution in [0.3, 0.4) is 0 Å². The molecule has 0 aliphatic heterocycles. The van der Waals surface area contributed by atoms with Gasteiger partial charge in [0.15, 0.2) is 5.82 Å². The summed E-state index contributed by atoms with van der Waals surface area (Å²) >= 11 is 0. The highest BCUT2D eigenvalue weighted by atomic mass is 16.5. The monoisotopic (exact) mass is 247 g/mol. The molecule has 0 spiro atoms. The molecule has 0 saturated carbocycles. The molecule has 1 aromatic heterocycles. The van der Waals surface area contributed by atoms with Gasteiger partial charge in [0.05, 0.1) is 6.10 Å². The lowest BCUT2D eigenvalue weighted by Gasteiger charge is -2.08. The van der Waals surface area contributed by atoms with Crippen molar-refractivity contribution in [2.75, 3.05) is 0 Å². The Bertz CT molecular complexity index is 522. The van der Waals surface area contributed by atoms with E-state index in [0.717, 1.165) is 5.56 Å². The third kappa shape index (κ3) is 2.75. The molecule has 3 N–H and O–H groups in total. The van der Waals surface area contributed by atoms with Crippen LogP contribution in [0.1, 0.15) is 35.8 Å². The van der Waals surface area contributed by atoms with Gasteiger partial charge in [0, 0.05) is 6.42 Å². The molecule has 0 amide bonds. The van der Waals surface area contributed by atoms with Gasteiger partial charge in [-0.3, -0.25) is 0 Å². The van der Waals surface area contributed by atoms with Crippen LogP contribution in [-0.4, -0.2) is 21.4 Å². The molecule has 0 aliphatic carbocycles. The van der Waals surface area contributed by atoms with Gasteiger partial charge in [-0.2, -0.15) is 4.98 Å². The second-order valence-corrected chi connectivity index (χ2v) is 4.42. The van der Waals surface area contributed by atoms with Crippen LogP contribution in [-0.2, 0) is 6.42 Å². The van der Waals surface area contributed by atoms with Crippen LogP contribution in [0.5, 0.6) is 0 Å². The number of aryl methyl sites for hydroxylation is 1. The van der Waals surface area contributed by atoms with E-state index in [-0.39, 0.29) is 5.89 Å². The lowest BCUT2D eigenvalue weighted by Crippen LogP contribution is -2.23. The first-order valence-electron chi connectivity index (χ1n) is 5.88. The maximum atomic E-state index is 9.36. The molecule has 1 heterocycles. The van der Waals surface area contributed by atoms with Gasteiger partial charge in [-0.05, 0) is 25.0 Å². The van der Waals surface area contributed by atoms with Crippen LogP contribution >= 0.6 is 0 Å². The average molecular weight is 247 g/mol. The molecule has 0 fully saturated rings. The highest BCUT2D eigenvalue weighted by molar-refractivity contribution is 5.28. The first-order valence-corrected chi connectivity index (χ1v) is 5.88. The van der Waals surface area contributed by atoms with E-state index in [2.05, 4.69) is 10.1 Å². The van der Waals surface area contributed by atoms with Crippen LogP contribution in [0.25, 0.3) is 0 Å². The quantitative estimate of drug-likeness (QED) is 0.851. The van der Waals surface area contributed by atoms with Gasteiger partial charge >= 0.3 is 0 Å². The summed E-state index contributed by atoms with van der Waals surface area (Å²) in [5.41, 5.74) is 8.06. The van der Waals surface area contributed by atoms with E-state index in [1.807, 2.05) is 31.2 Å². The molecule has 18 heavy (non-hydrogen) atoms. The van der Waals surface area contributed by atoms with Crippen molar-refractivity contribution >= 4 is 0 Å². The Balaban J connectivity index is 2.14. The molecular weight excluding hydrogens is 230 g/mol. The van der Waals surface area contributed by atoms with Crippen LogP contribution in [0.15, 0.2) is 28.8 Å². The molecule has 1 aromatic carbocycles. The lowest BCUT2D eigenvalue weighted by molar-refractivity contribution is 0.146. The molecule has 0 radical (unpaired) electrons. The summed E-state index contributed by atoms with van der Waals surface area (Å²) in [6.45, 7) is 3.63. The van der Waals surface area contributed by atoms with E-state index in [4.69, 9.17) is 10.3 Å². The molecule has 0 saturated heterocycles. The summed E-state index contributed by atoms with van der Waals surface area (Å²) in [5, 5.41) is 13.2. The topological polar surface area (TPSA) is 85.2 Å². The summed E-state index contributed by atoms with van der Waals surface area (Å²) in [7, 11) is 0. The number of hydrogen-bond acceptors (Lipinski definition) is 5. The first-order chi connectivity index (χ1) is 8.58. The largest absolute Gasteiger partial charge is 0.391 e. The number of rotatable bonds is 4. The molecule has 0 bridgehead atoms. The number of nitrogens with zero attached hydrogens (tertiary/aromatic N) is 2. The van der Waals surface area contributed by atoms with Crippen LogP contribution in [0, 0.1) is 6.92 Å². The van der Waals surface area contributed by atoms with E-state index in [9.17, 15) is 5.11 Å². The Hall–Kier alpha value is -1.72. The predicted octanol–water partition coefficient (Wildman–Crippen LogP) is 1.35. The molecule has 2 atom stereocenters. The fourth-order valence-electron chi connectivity index (χ4n) is 1.66. The molecule has 96 valence electrons. The van der Waals surface area contributed by atoms with Crippen molar-refractivity contribution in [2.45, 2.75) is 32.4 Å². The van der Waals surface area contributed by atoms with Gasteiger partial charge in [-0.1, -0.05) is 29.4 Å². The van der Waals surface area contributed by atoms with Crippen LogP contribution in [0.4, 0.5) is 0 Å². The number of aliphatic hydroxyl groups is 1. The Kier molecular flexibility index (Phi) is 3.74. The molecule has 2 rings (SSSR count). The van der Waals surface area contributed by atoms with E-state index in [1.54, 1.807) is 6.92 Å². The second kappa shape index (κ2) is 5.29. The maximum Gasteiger partial charge on any atom is 0.246 e. The SMILES string of the molecule is Cc1ccccc1Cc1noc([C@@H](N)[C@@H](C)O)n1. The Labute approximate surface area is 106 Å². The second-order valence-electron chi connectivity index (χ2n) is 4.42. The van der Waals surface area contributed by atoms with Gasteiger partial charge in [0.1, 0.15) is 6.04 Å². The van der Waals surface area contributed by atoms with Crippen molar-refractivity contribution in [1.29, 1.82) is 0 Å². The summed E-state index contributed by atoms with van der Waals surface area (Å²) in [5.74, 6) is 0.851. The number of nitrogens with two attached hydrogens (primary N) is 1. The van der Waals surface area contributed by atoms with Crippen LogP contribution < -0.4 is 5.73 Å². The van der Waals surface area contributed by atoms with Crippen molar-refractivity contribution < 1.29 is 9.63 Å². The van der Waals surface area contributed by atoms with Gasteiger partial charge < -0.3 is 15.4 Å². The third-order valence-corrected chi connectivity index (χ3v) is 2.90. The van der Waals surface area contributed by atoms with Gasteiger partial charge in [-0.25, -0.2) is 0 Å². The highest BCUT2D eigenvalue weighted by Crippen LogP contribution is 2.15. The van der Waals surface area contributed by atoms with Crippen molar-refractivity contribution in [3.63, 3.8) is 0 Å². The summed E-state index contributed by atoms with van der Waals surface area (Å²) in [4.78, 5) is 4.21. The van der Waals surface area contributed by atoms with E-state index < -0.39 is 12.1 Å². The maximum absolute atomic E-state index is 9.36. The zero-order valence-corrected chi connectivity index (χ0v) is 10.5. The van der Waals surface area contributed by atoms with Crippen molar-refractivity contribution in [1.82, 2.24) is 10.1 Å². The van der Waals surface area contributed by atoms with Crippen LogP contribution in [0.2, 0.25) is 0 Å². The minimum absolute atomic E-state index is 0.272. The summed E-state index contributed by atoms with van der Waals surface area (Å²) in [6, 6.07) is 7.40. The number of benzene rings is 1. The predicted molar refractivity (Wildman–Crippen MR) is 66.9 cm³/mol. The average Bonchev–Trinajstić information content (AvgIpc) is 2.79. The molecular formula is C13H17N3O2. The Morgan fingerprint density at radius 1 is 1.39 bits per heavy atom. The summed E-state index contributed by atoms with van der Waals surface area (Å²) < 4.78 is 5.05. The molecule has 5 heteroatoms. The highest BCUT2D eigenvalue weighted by Gasteiger charge is 2.19. The Morgan fingerprint density at radius 2 is 2.11 bits per heavy atom. The first kappa shape index (κ1) is 12.7. The number of aromatic nitrogens is 2. The standard InChI is InChI=1S/C13H17N3O2/c1-8-5-3-4-6-10(8)7-11-15-13(18-16-11)12(14)9(2)17/h3-6,9,12,17H,7,14H2,1-2H3/t9-,12+/m1/s1. The van der Waals surface area contributed by atoms with E-state index >= 15 is 0 Å². The normalized spacial score (nSPS) is 14.4. The lowest BCUT2D eigenvalue weighted by atomic mass is 10.1. The smallest absolute Gasteiger partial charge is 0.246 e. The molecule has 2 aromatic rings. The number of aliphatic hydroxyl groups excluding tert-OH is 1. The van der Waals surface area contributed by atoms with Gasteiger partial charge in [0.2, 0.25) is 5.89 Å². The van der Waals surface area contributed by atoms with Crippen molar-refractivity contribution in [3.8, 4) is 0 Å². The van der Waals surface area contributed by atoms with Gasteiger partial charge in [-0.15, -0.1) is 0 Å². The van der Waals surface area contributed by atoms with E-state index in [0.29, 0.717) is 12.2 Å². The van der Waals surface area contributed by atoms with Crippen molar-refractivity contribution in [3.05, 3.63) is 47.1 Å². The van der Waals surface area contributed by atoms with E-state index in [1.165, 1.54) is 5.56 Å². The minimum atomic E-state index is -0.711. The van der Waals surface area contributed by atoms with Crippen molar-refractivity contribution in [2.24, 2.45) is 5.73 Å².